The number of pyridine rings is 1. The molecule has 1 aromatic carbocycles. The fourth-order valence-electron chi connectivity index (χ4n) is 2.38. The molecule has 0 aliphatic rings. The Morgan fingerprint density at radius 2 is 1.95 bits per heavy atom. The molecule has 0 atom stereocenters. The molecular weight excluding hydrogens is 274 g/mol. The number of carbonyl (C=O) groups is 1. The minimum absolute atomic E-state index is 0.148. The minimum Gasteiger partial charge on any atom is -0.399 e. The number of aromatic nitrogens is 1. The summed E-state index contributed by atoms with van der Waals surface area (Å²) in [5.41, 5.74) is 8.33. The Kier molecular flexibility index (Phi) is 6.10. The highest BCUT2D eigenvalue weighted by atomic mass is 16.1. The number of Topliss-reactive ketones (excluding diaryl/α,β-unsaturated/α-hetero) is 1. The molecule has 0 radical (unpaired) electrons. The first-order valence-electron chi connectivity index (χ1n) is 7.69. The van der Waals surface area contributed by atoms with Gasteiger partial charge in [-0.1, -0.05) is 19.1 Å². The molecule has 2 rings (SSSR count). The number of rotatable bonds is 8. The third-order valence-corrected chi connectivity index (χ3v) is 3.78. The molecule has 0 saturated heterocycles. The molecule has 0 bridgehead atoms. The number of carbonyl (C=O) groups excluding carboxylic acids is 1. The number of ketones is 1. The van der Waals surface area contributed by atoms with E-state index < -0.39 is 0 Å². The summed E-state index contributed by atoms with van der Waals surface area (Å²) >= 11 is 0. The number of hydrogen-bond acceptors (Lipinski definition) is 4. The molecule has 4 nitrogen and oxygen atoms in total. The van der Waals surface area contributed by atoms with Crippen molar-refractivity contribution in [2.75, 3.05) is 25.4 Å². The lowest BCUT2D eigenvalue weighted by molar-refractivity contribution is 0.0965. The van der Waals surface area contributed by atoms with Gasteiger partial charge >= 0.3 is 0 Å². The van der Waals surface area contributed by atoms with Crippen molar-refractivity contribution in [2.24, 2.45) is 0 Å². The molecule has 1 aromatic heterocycles. The topological polar surface area (TPSA) is 59.2 Å². The smallest absolute Gasteiger partial charge is 0.164 e. The van der Waals surface area contributed by atoms with Gasteiger partial charge in [-0.2, -0.15) is 0 Å². The van der Waals surface area contributed by atoms with Crippen LogP contribution >= 0.6 is 0 Å². The van der Waals surface area contributed by atoms with Gasteiger partial charge in [-0.25, -0.2) is 0 Å². The molecule has 0 fully saturated rings. The van der Waals surface area contributed by atoms with Crippen molar-refractivity contribution in [3.8, 4) is 0 Å². The van der Waals surface area contributed by atoms with E-state index in [2.05, 4.69) is 16.8 Å². The number of hydrogen-bond donors (Lipinski definition) is 1. The molecule has 2 N–H and O–H groups in total. The number of nitrogens with two attached hydrogens (primary N) is 1. The molecule has 1 heterocycles. The highest BCUT2D eigenvalue weighted by Crippen LogP contribution is 2.10. The van der Waals surface area contributed by atoms with Gasteiger partial charge in [0.2, 0.25) is 0 Å². The molecule has 116 valence electrons. The van der Waals surface area contributed by atoms with Crippen LogP contribution in [0.1, 0.15) is 29.3 Å². The molecule has 4 heteroatoms. The first-order chi connectivity index (χ1) is 10.7. The van der Waals surface area contributed by atoms with Gasteiger partial charge in [-0.05, 0) is 42.8 Å². The fraction of sp³-hybridized carbons (Fsp3) is 0.333. The second-order valence-electron chi connectivity index (χ2n) is 5.34. The minimum atomic E-state index is 0.148. The van der Waals surface area contributed by atoms with Crippen LogP contribution in [0.2, 0.25) is 0 Å². The van der Waals surface area contributed by atoms with E-state index in [4.69, 9.17) is 5.73 Å². The van der Waals surface area contributed by atoms with Crippen molar-refractivity contribution in [3.63, 3.8) is 0 Å². The lowest BCUT2D eigenvalue weighted by atomic mass is 10.1. The van der Waals surface area contributed by atoms with Gasteiger partial charge in [0.05, 0.1) is 0 Å². The molecule has 0 amide bonds. The van der Waals surface area contributed by atoms with E-state index in [9.17, 15) is 4.79 Å². The number of nitrogens with zero attached hydrogens (tertiary/aromatic N) is 2. The summed E-state index contributed by atoms with van der Waals surface area (Å²) < 4.78 is 0. The van der Waals surface area contributed by atoms with E-state index in [0.29, 0.717) is 17.7 Å². The van der Waals surface area contributed by atoms with Crippen molar-refractivity contribution >= 4 is 11.5 Å². The standard InChI is InChI=1S/C18H23N3O/c1-2-21(12-8-15-6-10-20-11-7-15)13-9-18(22)16-4-3-5-17(19)14-16/h3-7,10-11,14H,2,8-9,12-13,19H2,1H3. The van der Waals surface area contributed by atoms with Crippen LogP contribution < -0.4 is 5.73 Å². The largest absolute Gasteiger partial charge is 0.399 e. The number of likely N-dealkylation sites (N-methyl/N-ethyl adjacent to an activating group) is 1. The van der Waals surface area contributed by atoms with Crippen LogP contribution in [0.15, 0.2) is 48.8 Å². The zero-order valence-electron chi connectivity index (χ0n) is 13.0. The normalized spacial score (nSPS) is 10.8. The average Bonchev–Trinajstić information content (AvgIpc) is 2.55. The molecule has 0 aliphatic heterocycles. The first kappa shape index (κ1) is 16.2. The predicted octanol–water partition coefficient (Wildman–Crippen LogP) is 2.80. The number of anilines is 1. The highest BCUT2D eigenvalue weighted by molar-refractivity contribution is 5.96. The molecular formula is C18H23N3O. The fourth-order valence-corrected chi connectivity index (χ4v) is 2.38. The van der Waals surface area contributed by atoms with Gasteiger partial charge in [0, 0.05) is 43.2 Å². The van der Waals surface area contributed by atoms with Gasteiger partial charge < -0.3 is 10.6 Å². The second-order valence-corrected chi connectivity index (χ2v) is 5.34. The van der Waals surface area contributed by atoms with E-state index in [1.165, 1.54) is 5.56 Å². The van der Waals surface area contributed by atoms with Crippen molar-refractivity contribution in [1.29, 1.82) is 0 Å². The lowest BCUT2D eigenvalue weighted by Gasteiger charge is -2.20. The van der Waals surface area contributed by atoms with Crippen LogP contribution in [0.5, 0.6) is 0 Å². The maximum atomic E-state index is 12.2. The SMILES string of the molecule is CCN(CCC(=O)c1cccc(N)c1)CCc1ccncc1. The third-order valence-electron chi connectivity index (χ3n) is 3.78. The van der Waals surface area contributed by atoms with Crippen LogP contribution in [0.3, 0.4) is 0 Å². The summed E-state index contributed by atoms with van der Waals surface area (Å²) in [5, 5.41) is 0. The van der Waals surface area contributed by atoms with Crippen LogP contribution in [0.25, 0.3) is 0 Å². The third kappa shape index (κ3) is 4.97. The van der Waals surface area contributed by atoms with Crippen molar-refractivity contribution < 1.29 is 4.79 Å². The molecule has 22 heavy (non-hydrogen) atoms. The summed E-state index contributed by atoms with van der Waals surface area (Å²) in [4.78, 5) is 18.5. The summed E-state index contributed by atoms with van der Waals surface area (Å²) in [6.45, 7) is 4.78. The van der Waals surface area contributed by atoms with E-state index in [0.717, 1.165) is 26.1 Å². The van der Waals surface area contributed by atoms with Crippen molar-refractivity contribution in [3.05, 3.63) is 59.9 Å². The quantitative estimate of drug-likeness (QED) is 0.601. The molecule has 0 saturated carbocycles. The second kappa shape index (κ2) is 8.29. The Balaban J connectivity index is 1.82. The molecule has 0 unspecified atom stereocenters. The number of benzene rings is 1. The van der Waals surface area contributed by atoms with E-state index in [1.54, 1.807) is 12.1 Å². The monoisotopic (exact) mass is 297 g/mol. The summed E-state index contributed by atoms with van der Waals surface area (Å²) in [6.07, 6.45) is 5.13. The van der Waals surface area contributed by atoms with Gasteiger partial charge in [0.1, 0.15) is 0 Å². The summed E-state index contributed by atoms with van der Waals surface area (Å²) in [5.74, 6) is 0.148. The molecule has 0 spiro atoms. The van der Waals surface area contributed by atoms with Gasteiger partial charge in [0.25, 0.3) is 0 Å². The first-order valence-corrected chi connectivity index (χ1v) is 7.69. The Morgan fingerprint density at radius 1 is 1.18 bits per heavy atom. The number of nitrogen functional groups attached to an aromatic ring is 1. The van der Waals surface area contributed by atoms with Crippen LogP contribution in [0.4, 0.5) is 5.69 Å². The summed E-state index contributed by atoms with van der Waals surface area (Å²) in [7, 11) is 0. The van der Waals surface area contributed by atoms with Crippen molar-refractivity contribution in [2.45, 2.75) is 19.8 Å². The molecule has 0 aliphatic carbocycles. The van der Waals surface area contributed by atoms with E-state index in [-0.39, 0.29) is 5.78 Å². The highest BCUT2D eigenvalue weighted by Gasteiger charge is 2.09. The maximum Gasteiger partial charge on any atom is 0.164 e. The van der Waals surface area contributed by atoms with Crippen LogP contribution in [-0.2, 0) is 6.42 Å². The Labute approximate surface area is 132 Å². The van der Waals surface area contributed by atoms with E-state index >= 15 is 0 Å². The average molecular weight is 297 g/mol. The van der Waals surface area contributed by atoms with Gasteiger partial charge in [0.15, 0.2) is 5.78 Å². The van der Waals surface area contributed by atoms with Gasteiger partial charge in [-0.3, -0.25) is 9.78 Å². The Morgan fingerprint density at radius 3 is 2.64 bits per heavy atom. The van der Waals surface area contributed by atoms with Gasteiger partial charge in [-0.15, -0.1) is 0 Å². The zero-order chi connectivity index (χ0) is 15.8. The summed E-state index contributed by atoms with van der Waals surface area (Å²) in [6, 6.07) is 11.3. The van der Waals surface area contributed by atoms with E-state index in [1.807, 2.05) is 36.7 Å². The molecule has 2 aromatic rings. The predicted molar refractivity (Wildman–Crippen MR) is 89.9 cm³/mol. The Bertz CT molecular complexity index is 598. The van der Waals surface area contributed by atoms with Crippen molar-refractivity contribution in [1.82, 2.24) is 9.88 Å². The maximum absolute atomic E-state index is 12.2. The Hall–Kier alpha value is -2.20. The van der Waals surface area contributed by atoms with Crippen LogP contribution in [-0.4, -0.2) is 35.3 Å². The lowest BCUT2D eigenvalue weighted by Crippen LogP contribution is -2.28. The zero-order valence-corrected chi connectivity index (χ0v) is 13.0. The van der Waals surface area contributed by atoms with Crippen LogP contribution in [0, 0.1) is 0 Å².